The summed E-state index contributed by atoms with van der Waals surface area (Å²) in [5.74, 6) is -0.299. The number of H-pyrrole nitrogens is 2. The van der Waals surface area contributed by atoms with E-state index in [-0.39, 0.29) is 11.2 Å². The Kier molecular flexibility index (Phi) is 6.07. The summed E-state index contributed by atoms with van der Waals surface area (Å²) in [5, 5.41) is 22.9. The van der Waals surface area contributed by atoms with Crippen LogP contribution in [0, 0.1) is 11.2 Å². The van der Waals surface area contributed by atoms with Gasteiger partial charge >= 0.3 is 0 Å². The number of aliphatic hydroxyl groups excluding tert-OH is 1. The zero-order valence-electron chi connectivity index (χ0n) is 21.8. The van der Waals surface area contributed by atoms with Crippen molar-refractivity contribution in [2.45, 2.75) is 33.4 Å². The number of hydrogen-bond donors (Lipinski definition) is 4. The molecule has 6 rings (SSSR count). The van der Waals surface area contributed by atoms with Gasteiger partial charge in [0.1, 0.15) is 17.7 Å². The molecule has 39 heavy (non-hydrogen) atoms. The van der Waals surface area contributed by atoms with Gasteiger partial charge in [-0.15, -0.1) is 0 Å². The maximum Gasteiger partial charge on any atom is 0.131 e. The molecule has 0 radical (unpaired) electrons. The molecule has 1 atom stereocenters. The number of anilines is 1. The molecule has 8 nitrogen and oxygen atoms in total. The SMILES string of the molecule is CC(C)(C)CC(O)Nc1cncc(-c2cc3c(-c4cc5c(-c6ccccc6F)cncc5[nH]4)n[nH]c3cn2)c1. The molecule has 196 valence electrons. The Hall–Kier alpha value is -4.63. The van der Waals surface area contributed by atoms with Crippen LogP contribution in [0.3, 0.4) is 0 Å². The zero-order valence-corrected chi connectivity index (χ0v) is 21.8. The molecular weight excluding hydrogens is 493 g/mol. The van der Waals surface area contributed by atoms with Crippen molar-refractivity contribution < 1.29 is 9.50 Å². The maximum absolute atomic E-state index is 14.6. The van der Waals surface area contributed by atoms with E-state index in [1.807, 2.05) is 24.3 Å². The highest BCUT2D eigenvalue weighted by Gasteiger charge is 2.18. The van der Waals surface area contributed by atoms with Gasteiger partial charge in [-0.05, 0) is 36.1 Å². The van der Waals surface area contributed by atoms with Gasteiger partial charge in [-0.2, -0.15) is 5.10 Å². The van der Waals surface area contributed by atoms with Gasteiger partial charge < -0.3 is 15.4 Å². The van der Waals surface area contributed by atoms with E-state index in [0.717, 1.165) is 38.8 Å². The molecule has 4 N–H and O–H groups in total. The minimum absolute atomic E-state index is 0.0174. The normalized spacial score (nSPS) is 12.7. The number of benzene rings is 1. The number of halogens is 1. The van der Waals surface area contributed by atoms with Crippen LogP contribution in [0.1, 0.15) is 27.2 Å². The van der Waals surface area contributed by atoms with Crippen molar-refractivity contribution in [3.63, 3.8) is 0 Å². The van der Waals surface area contributed by atoms with Gasteiger partial charge in [-0.25, -0.2) is 4.39 Å². The highest BCUT2D eigenvalue weighted by Crippen LogP contribution is 2.35. The third-order valence-corrected chi connectivity index (χ3v) is 6.59. The van der Waals surface area contributed by atoms with Crippen LogP contribution in [0.4, 0.5) is 10.1 Å². The van der Waals surface area contributed by atoms with E-state index in [0.29, 0.717) is 28.9 Å². The van der Waals surface area contributed by atoms with Gasteiger partial charge in [0, 0.05) is 39.9 Å². The Morgan fingerprint density at radius 1 is 0.923 bits per heavy atom. The molecular formula is C30H28FN7O. The average Bonchev–Trinajstić information content (AvgIpc) is 3.51. The predicted molar refractivity (Wildman–Crippen MR) is 151 cm³/mol. The second-order valence-electron chi connectivity index (χ2n) is 10.9. The van der Waals surface area contributed by atoms with Gasteiger partial charge in [-0.3, -0.25) is 20.1 Å². The van der Waals surface area contributed by atoms with Crippen molar-refractivity contribution in [3.05, 3.63) is 79.3 Å². The third kappa shape index (κ3) is 4.96. The van der Waals surface area contributed by atoms with E-state index in [9.17, 15) is 9.50 Å². The van der Waals surface area contributed by atoms with E-state index in [1.54, 1.807) is 43.1 Å². The molecule has 0 aliphatic rings. The van der Waals surface area contributed by atoms with Crippen molar-refractivity contribution in [3.8, 4) is 33.8 Å². The van der Waals surface area contributed by atoms with E-state index >= 15 is 0 Å². The van der Waals surface area contributed by atoms with E-state index in [4.69, 9.17) is 0 Å². The minimum Gasteiger partial charge on any atom is -0.374 e. The molecule has 6 aromatic rings. The zero-order chi connectivity index (χ0) is 27.1. The fourth-order valence-electron chi connectivity index (χ4n) is 4.84. The molecule has 0 fully saturated rings. The fourth-order valence-corrected chi connectivity index (χ4v) is 4.84. The lowest BCUT2D eigenvalue weighted by atomic mass is 9.91. The summed E-state index contributed by atoms with van der Waals surface area (Å²) in [4.78, 5) is 16.7. The largest absolute Gasteiger partial charge is 0.374 e. The quantitative estimate of drug-likeness (QED) is 0.185. The van der Waals surface area contributed by atoms with E-state index in [2.05, 4.69) is 56.2 Å². The van der Waals surface area contributed by atoms with Gasteiger partial charge in [-0.1, -0.05) is 39.0 Å². The first-order valence-corrected chi connectivity index (χ1v) is 12.7. The van der Waals surface area contributed by atoms with Crippen molar-refractivity contribution in [2.24, 2.45) is 5.41 Å². The summed E-state index contributed by atoms with van der Waals surface area (Å²) < 4.78 is 14.6. The first-order chi connectivity index (χ1) is 18.7. The molecule has 0 aliphatic heterocycles. The smallest absolute Gasteiger partial charge is 0.131 e. The minimum atomic E-state index is -0.691. The molecule has 1 unspecified atom stereocenters. The number of rotatable bonds is 6. The summed E-state index contributed by atoms with van der Waals surface area (Å²) in [5.41, 5.74) is 6.47. The highest BCUT2D eigenvalue weighted by atomic mass is 19.1. The van der Waals surface area contributed by atoms with Gasteiger partial charge in [0.05, 0.1) is 46.7 Å². The van der Waals surface area contributed by atoms with Crippen LogP contribution in [-0.4, -0.2) is 41.5 Å². The summed E-state index contributed by atoms with van der Waals surface area (Å²) in [6, 6.07) is 12.5. The van der Waals surface area contributed by atoms with Gasteiger partial charge in [0.15, 0.2) is 0 Å². The number of nitrogens with zero attached hydrogens (tertiary/aromatic N) is 4. The molecule has 5 aromatic heterocycles. The number of aromatic nitrogens is 6. The molecule has 1 aromatic carbocycles. The van der Waals surface area contributed by atoms with Crippen LogP contribution < -0.4 is 5.32 Å². The standard InChI is InChI=1S/C30H28FN7O/c1-30(2,3)11-28(39)35-18-8-17(12-32-13-18)24-10-21-27(16-34-24)37-38-29(21)25-9-20-22(14-33-15-26(20)36-25)19-6-4-5-7-23(19)31/h4-10,12-16,28,35-36,39H,11H2,1-3H3,(H,37,38). The number of nitrogens with one attached hydrogen (secondary N) is 3. The van der Waals surface area contributed by atoms with Crippen LogP contribution >= 0.6 is 0 Å². The van der Waals surface area contributed by atoms with Crippen LogP contribution in [0.15, 0.2) is 73.4 Å². The first kappa shape index (κ1) is 24.7. The monoisotopic (exact) mass is 521 g/mol. The third-order valence-electron chi connectivity index (χ3n) is 6.59. The summed E-state index contributed by atoms with van der Waals surface area (Å²) >= 11 is 0. The maximum atomic E-state index is 14.6. The van der Waals surface area contributed by atoms with Crippen LogP contribution in [0.5, 0.6) is 0 Å². The Labute approximate surface area is 224 Å². The van der Waals surface area contributed by atoms with Gasteiger partial charge in [0.25, 0.3) is 0 Å². The lowest BCUT2D eigenvalue weighted by Gasteiger charge is -2.23. The number of aliphatic hydroxyl groups is 1. The topological polar surface area (TPSA) is 115 Å². The Morgan fingerprint density at radius 2 is 1.74 bits per heavy atom. The molecule has 0 saturated carbocycles. The first-order valence-electron chi connectivity index (χ1n) is 12.7. The molecule has 5 heterocycles. The number of fused-ring (bicyclic) bond motifs is 2. The fraction of sp³-hybridized carbons (Fsp3) is 0.200. The van der Waals surface area contributed by atoms with E-state index in [1.165, 1.54) is 6.07 Å². The Morgan fingerprint density at radius 3 is 2.56 bits per heavy atom. The van der Waals surface area contributed by atoms with Crippen molar-refractivity contribution in [1.82, 2.24) is 30.1 Å². The van der Waals surface area contributed by atoms with Crippen molar-refractivity contribution in [1.29, 1.82) is 0 Å². The Bertz CT molecular complexity index is 1800. The van der Waals surface area contributed by atoms with Gasteiger partial charge in [0.2, 0.25) is 0 Å². The molecule has 9 heteroatoms. The lowest BCUT2D eigenvalue weighted by Crippen LogP contribution is -2.25. The number of aromatic amines is 2. The molecule has 0 amide bonds. The second kappa shape index (κ2) is 9.59. The highest BCUT2D eigenvalue weighted by molar-refractivity contribution is 6.01. The molecule has 0 bridgehead atoms. The Balaban J connectivity index is 1.37. The molecule has 0 aliphatic carbocycles. The van der Waals surface area contributed by atoms with Crippen LogP contribution in [0.25, 0.3) is 55.6 Å². The second-order valence-corrected chi connectivity index (χ2v) is 10.9. The molecule has 0 spiro atoms. The lowest BCUT2D eigenvalue weighted by molar-refractivity contribution is 0.145. The summed E-state index contributed by atoms with van der Waals surface area (Å²) in [6.45, 7) is 6.25. The van der Waals surface area contributed by atoms with Crippen LogP contribution in [-0.2, 0) is 0 Å². The average molecular weight is 522 g/mol. The predicted octanol–water partition coefficient (Wildman–Crippen LogP) is 6.54. The molecule has 0 saturated heterocycles. The van der Waals surface area contributed by atoms with Crippen LogP contribution in [0.2, 0.25) is 0 Å². The number of pyridine rings is 3. The number of hydrogen-bond acceptors (Lipinski definition) is 6. The van der Waals surface area contributed by atoms with Crippen molar-refractivity contribution in [2.75, 3.05) is 5.32 Å². The van der Waals surface area contributed by atoms with Crippen molar-refractivity contribution >= 4 is 27.5 Å². The summed E-state index contributed by atoms with van der Waals surface area (Å²) in [6.07, 6.45) is 8.47. The van der Waals surface area contributed by atoms with E-state index < -0.39 is 6.23 Å². The summed E-state index contributed by atoms with van der Waals surface area (Å²) in [7, 11) is 0.